The lowest BCUT2D eigenvalue weighted by Gasteiger charge is -2.13. The maximum Gasteiger partial charge on any atom is 0.173 e. The Morgan fingerprint density at radius 1 is 1.26 bits per heavy atom. The van der Waals surface area contributed by atoms with Crippen molar-refractivity contribution in [2.45, 2.75) is 39.8 Å². The quantitative estimate of drug-likeness (QED) is 0.895. The number of nitrogens with zero attached hydrogens (tertiary/aromatic N) is 3. The molecule has 0 spiro atoms. The van der Waals surface area contributed by atoms with Gasteiger partial charge in [-0.25, -0.2) is 4.98 Å². The van der Waals surface area contributed by atoms with Gasteiger partial charge in [0, 0.05) is 18.4 Å². The Hall–Kier alpha value is -2.04. The summed E-state index contributed by atoms with van der Waals surface area (Å²) in [7, 11) is 0. The summed E-state index contributed by atoms with van der Waals surface area (Å²) in [5.74, 6) is 1.45. The van der Waals surface area contributed by atoms with Gasteiger partial charge in [0.1, 0.15) is 0 Å². The van der Waals surface area contributed by atoms with Gasteiger partial charge >= 0.3 is 0 Å². The maximum absolute atomic E-state index is 5.72. The zero-order valence-electron chi connectivity index (χ0n) is 11.8. The van der Waals surface area contributed by atoms with Crippen LogP contribution in [0.2, 0.25) is 0 Å². The highest BCUT2D eigenvalue weighted by Gasteiger charge is 2.08. The third kappa shape index (κ3) is 3.47. The molecule has 2 heterocycles. The molecular formula is C14H20N4O. The zero-order valence-corrected chi connectivity index (χ0v) is 11.8. The van der Waals surface area contributed by atoms with E-state index in [0.717, 1.165) is 11.4 Å². The molecule has 2 aromatic heterocycles. The molecule has 19 heavy (non-hydrogen) atoms. The van der Waals surface area contributed by atoms with E-state index in [1.165, 1.54) is 0 Å². The maximum atomic E-state index is 5.72. The number of anilines is 2. The van der Waals surface area contributed by atoms with Crippen molar-refractivity contribution in [3.8, 4) is 5.75 Å². The summed E-state index contributed by atoms with van der Waals surface area (Å²) >= 11 is 0. The van der Waals surface area contributed by atoms with E-state index in [9.17, 15) is 0 Å². The van der Waals surface area contributed by atoms with Crippen LogP contribution in [0.15, 0.2) is 30.7 Å². The van der Waals surface area contributed by atoms with Crippen molar-refractivity contribution < 1.29 is 4.74 Å². The Morgan fingerprint density at radius 2 is 2.05 bits per heavy atom. The van der Waals surface area contributed by atoms with Crippen molar-refractivity contribution in [3.63, 3.8) is 0 Å². The van der Waals surface area contributed by atoms with Gasteiger partial charge in [-0.05, 0) is 39.8 Å². The summed E-state index contributed by atoms with van der Waals surface area (Å²) < 4.78 is 7.62. The van der Waals surface area contributed by atoms with Crippen LogP contribution in [0.4, 0.5) is 11.5 Å². The molecule has 5 nitrogen and oxygen atoms in total. The number of nitrogens with one attached hydrogen (secondary N) is 1. The van der Waals surface area contributed by atoms with E-state index in [1.54, 1.807) is 12.4 Å². The Kier molecular flexibility index (Phi) is 4.04. The van der Waals surface area contributed by atoms with Crippen molar-refractivity contribution in [2.75, 3.05) is 5.32 Å². The monoisotopic (exact) mass is 260 g/mol. The van der Waals surface area contributed by atoms with Gasteiger partial charge in [0.2, 0.25) is 0 Å². The van der Waals surface area contributed by atoms with Crippen LogP contribution in [0.25, 0.3) is 0 Å². The Bertz CT molecular complexity index is 534. The molecule has 0 fully saturated rings. The Labute approximate surface area is 113 Å². The second-order valence-electron chi connectivity index (χ2n) is 4.94. The van der Waals surface area contributed by atoms with Crippen molar-refractivity contribution in [2.24, 2.45) is 0 Å². The number of hydrogen-bond acceptors (Lipinski definition) is 4. The minimum Gasteiger partial charge on any atom is -0.487 e. The molecule has 0 amide bonds. The minimum absolute atomic E-state index is 0.114. The van der Waals surface area contributed by atoms with Crippen LogP contribution < -0.4 is 10.1 Å². The van der Waals surface area contributed by atoms with E-state index in [0.29, 0.717) is 11.9 Å². The van der Waals surface area contributed by atoms with Crippen molar-refractivity contribution >= 4 is 11.5 Å². The van der Waals surface area contributed by atoms with Crippen molar-refractivity contribution in [3.05, 3.63) is 30.7 Å². The van der Waals surface area contributed by atoms with Crippen molar-refractivity contribution in [1.29, 1.82) is 0 Å². The number of ether oxygens (including phenoxy) is 1. The van der Waals surface area contributed by atoms with Crippen LogP contribution >= 0.6 is 0 Å². The molecule has 0 aliphatic heterocycles. The summed E-state index contributed by atoms with van der Waals surface area (Å²) in [6, 6.07) is 4.11. The Morgan fingerprint density at radius 3 is 2.68 bits per heavy atom. The van der Waals surface area contributed by atoms with Gasteiger partial charge in [-0.2, -0.15) is 5.10 Å². The number of pyridine rings is 1. The van der Waals surface area contributed by atoms with Crippen LogP contribution in [0, 0.1) is 0 Å². The predicted octanol–water partition coefficient (Wildman–Crippen LogP) is 3.39. The highest BCUT2D eigenvalue weighted by atomic mass is 16.5. The van der Waals surface area contributed by atoms with E-state index < -0.39 is 0 Å². The van der Waals surface area contributed by atoms with Gasteiger partial charge in [0.15, 0.2) is 11.6 Å². The fraction of sp³-hybridized carbons (Fsp3) is 0.429. The number of rotatable bonds is 5. The fourth-order valence-corrected chi connectivity index (χ4v) is 1.66. The first-order chi connectivity index (χ1) is 9.06. The molecule has 0 aliphatic rings. The largest absolute Gasteiger partial charge is 0.487 e. The summed E-state index contributed by atoms with van der Waals surface area (Å²) in [4.78, 5) is 4.31. The predicted molar refractivity (Wildman–Crippen MR) is 75.9 cm³/mol. The summed E-state index contributed by atoms with van der Waals surface area (Å²) in [5.41, 5.74) is 0.904. The lowest BCUT2D eigenvalue weighted by Crippen LogP contribution is -2.08. The molecule has 0 unspecified atom stereocenters. The minimum atomic E-state index is 0.114. The normalized spacial score (nSPS) is 11.1. The van der Waals surface area contributed by atoms with E-state index in [1.807, 2.05) is 36.9 Å². The molecule has 102 valence electrons. The first kappa shape index (κ1) is 13.4. The Balaban J connectivity index is 2.17. The highest BCUT2D eigenvalue weighted by Crippen LogP contribution is 2.25. The molecule has 5 heteroatoms. The van der Waals surface area contributed by atoms with Crippen LogP contribution in [-0.4, -0.2) is 20.9 Å². The third-order valence-corrected chi connectivity index (χ3v) is 2.53. The van der Waals surface area contributed by atoms with Crippen LogP contribution in [0.1, 0.15) is 33.7 Å². The molecule has 0 aliphatic carbocycles. The summed E-state index contributed by atoms with van der Waals surface area (Å²) in [6.07, 6.45) is 5.59. The molecule has 0 aromatic carbocycles. The second-order valence-corrected chi connectivity index (χ2v) is 4.94. The lowest BCUT2D eigenvalue weighted by molar-refractivity contribution is 0.243. The van der Waals surface area contributed by atoms with Gasteiger partial charge in [0.25, 0.3) is 0 Å². The first-order valence-electron chi connectivity index (χ1n) is 6.49. The first-order valence-corrected chi connectivity index (χ1v) is 6.49. The molecule has 0 saturated carbocycles. The smallest absolute Gasteiger partial charge is 0.173 e. The number of hydrogen-bond donors (Lipinski definition) is 1. The van der Waals surface area contributed by atoms with Crippen LogP contribution in [-0.2, 0) is 0 Å². The molecular weight excluding hydrogens is 240 g/mol. The van der Waals surface area contributed by atoms with Gasteiger partial charge in [-0.15, -0.1) is 0 Å². The average molecular weight is 260 g/mol. The standard InChI is InChI=1S/C14H20N4O/c1-10(2)18-9-12(8-16-18)17-14-13(19-11(3)4)6-5-7-15-14/h5-11H,1-4H3,(H,15,17). The molecule has 0 saturated heterocycles. The molecule has 2 rings (SSSR count). The topological polar surface area (TPSA) is 52.0 Å². The van der Waals surface area contributed by atoms with E-state index in [-0.39, 0.29) is 6.10 Å². The molecule has 0 atom stereocenters. The molecule has 2 aromatic rings. The highest BCUT2D eigenvalue weighted by molar-refractivity contribution is 5.60. The van der Waals surface area contributed by atoms with Crippen LogP contribution in [0.3, 0.4) is 0 Å². The second kappa shape index (κ2) is 5.73. The molecule has 0 bridgehead atoms. The van der Waals surface area contributed by atoms with E-state index in [4.69, 9.17) is 4.74 Å². The van der Waals surface area contributed by atoms with Crippen molar-refractivity contribution in [1.82, 2.24) is 14.8 Å². The molecule has 0 radical (unpaired) electrons. The number of aromatic nitrogens is 3. The molecule has 1 N–H and O–H groups in total. The summed E-state index contributed by atoms with van der Waals surface area (Å²) in [6.45, 7) is 8.16. The van der Waals surface area contributed by atoms with E-state index >= 15 is 0 Å². The average Bonchev–Trinajstić information content (AvgIpc) is 2.80. The zero-order chi connectivity index (χ0) is 13.8. The van der Waals surface area contributed by atoms with Gasteiger partial charge in [-0.1, -0.05) is 0 Å². The SMILES string of the molecule is CC(C)Oc1cccnc1Nc1cnn(C(C)C)c1. The lowest BCUT2D eigenvalue weighted by atomic mass is 10.4. The van der Waals surface area contributed by atoms with Gasteiger partial charge in [-0.3, -0.25) is 4.68 Å². The van der Waals surface area contributed by atoms with E-state index in [2.05, 4.69) is 29.2 Å². The van der Waals surface area contributed by atoms with Gasteiger partial charge < -0.3 is 10.1 Å². The van der Waals surface area contributed by atoms with Crippen LogP contribution in [0.5, 0.6) is 5.75 Å². The fourth-order valence-electron chi connectivity index (χ4n) is 1.66. The van der Waals surface area contributed by atoms with Gasteiger partial charge in [0.05, 0.1) is 18.0 Å². The third-order valence-electron chi connectivity index (χ3n) is 2.53. The summed E-state index contributed by atoms with van der Waals surface area (Å²) in [5, 5.41) is 7.52.